The second-order valence-electron chi connectivity index (χ2n) is 6.15. The van der Waals surface area contributed by atoms with Gasteiger partial charge in [-0.1, -0.05) is 38.0 Å². The van der Waals surface area contributed by atoms with Gasteiger partial charge < -0.3 is 15.2 Å². The van der Waals surface area contributed by atoms with Crippen molar-refractivity contribution < 1.29 is 19.4 Å². The molecule has 0 fully saturated rings. The molecule has 0 saturated carbocycles. The summed E-state index contributed by atoms with van der Waals surface area (Å²) in [6.07, 6.45) is 5.49. The van der Waals surface area contributed by atoms with Crippen LogP contribution in [0.4, 0.5) is 5.69 Å². The zero-order valence-electron chi connectivity index (χ0n) is 15.4. The van der Waals surface area contributed by atoms with E-state index in [2.05, 4.69) is 5.32 Å². The summed E-state index contributed by atoms with van der Waals surface area (Å²) < 4.78 is 5.57. The Hall–Kier alpha value is -2.82. The predicted octanol–water partition coefficient (Wildman–Crippen LogP) is 4.72. The molecule has 0 heterocycles. The van der Waals surface area contributed by atoms with E-state index in [1.54, 1.807) is 26.2 Å². The Morgan fingerprint density at radius 2 is 2.04 bits per heavy atom. The number of anilines is 1. The van der Waals surface area contributed by atoms with E-state index in [4.69, 9.17) is 4.74 Å². The van der Waals surface area contributed by atoms with Gasteiger partial charge in [-0.05, 0) is 43.0 Å². The average Bonchev–Trinajstić information content (AvgIpc) is 2.61. The molecular weight excluding hydrogens is 330 g/mol. The number of methoxy groups -OCH3 is 1. The molecule has 26 heavy (non-hydrogen) atoms. The first kappa shape index (κ1) is 19.5. The van der Waals surface area contributed by atoms with Gasteiger partial charge in [0.2, 0.25) is 5.91 Å². The molecule has 5 heteroatoms. The van der Waals surface area contributed by atoms with E-state index in [0.717, 1.165) is 23.6 Å². The van der Waals surface area contributed by atoms with Crippen LogP contribution in [-0.4, -0.2) is 24.1 Å². The van der Waals surface area contributed by atoms with Crippen LogP contribution in [0.3, 0.4) is 0 Å². The van der Waals surface area contributed by atoms with Crippen LogP contribution in [0.25, 0.3) is 10.8 Å². The van der Waals surface area contributed by atoms with E-state index in [-0.39, 0.29) is 5.91 Å². The third-order valence-corrected chi connectivity index (χ3v) is 4.31. The maximum absolute atomic E-state index is 11.7. The van der Waals surface area contributed by atoms with Gasteiger partial charge >= 0.3 is 5.97 Å². The molecule has 2 N–H and O–H groups in total. The van der Waals surface area contributed by atoms with Crippen LogP contribution in [0.1, 0.15) is 44.6 Å². The largest absolute Gasteiger partial charge is 0.496 e. The number of fused-ring (bicyclic) bond motifs is 1. The minimum Gasteiger partial charge on any atom is -0.496 e. The minimum absolute atomic E-state index is 0.194. The number of ether oxygens (including phenoxy) is 1. The van der Waals surface area contributed by atoms with E-state index >= 15 is 0 Å². The average molecular weight is 355 g/mol. The normalized spacial score (nSPS) is 12.3. The number of carboxylic acid groups (broad SMARTS) is 1. The smallest absolute Gasteiger partial charge is 0.311 e. The van der Waals surface area contributed by atoms with Crippen molar-refractivity contribution in [2.45, 2.75) is 39.0 Å². The summed E-state index contributed by atoms with van der Waals surface area (Å²) in [5, 5.41) is 14.1. The number of aliphatic carboxylic acids is 1. The monoisotopic (exact) mass is 355 g/mol. The fraction of sp³-hybridized carbons (Fsp3) is 0.333. The quantitative estimate of drug-likeness (QED) is 0.672. The SMILES string of the molecule is C/C=C/C(=O)Nc1ccc2c(OC)c(C(CCCC)C(=O)O)ccc2c1. The van der Waals surface area contributed by atoms with E-state index < -0.39 is 11.9 Å². The summed E-state index contributed by atoms with van der Waals surface area (Å²) in [5.74, 6) is -1.05. The standard InChI is InChI=1S/C21H25NO4/c1-4-6-8-18(21(24)25)17-11-9-14-13-15(22-19(23)7-5-2)10-12-16(14)20(17)26-3/h5,7,9-13,18H,4,6,8H2,1-3H3,(H,22,23)(H,24,25)/b7-5+. The topological polar surface area (TPSA) is 75.6 Å². The van der Waals surface area contributed by atoms with E-state index in [1.165, 1.54) is 6.08 Å². The first-order valence-corrected chi connectivity index (χ1v) is 8.79. The maximum atomic E-state index is 11.7. The van der Waals surface area contributed by atoms with Crippen molar-refractivity contribution in [3.8, 4) is 5.75 Å². The number of allylic oxidation sites excluding steroid dienone is 1. The van der Waals surface area contributed by atoms with Crippen LogP contribution < -0.4 is 10.1 Å². The maximum Gasteiger partial charge on any atom is 0.311 e. The van der Waals surface area contributed by atoms with E-state index in [0.29, 0.717) is 23.4 Å². The molecule has 2 aromatic carbocycles. The van der Waals surface area contributed by atoms with Crippen LogP contribution >= 0.6 is 0 Å². The molecule has 0 bridgehead atoms. The van der Waals surface area contributed by atoms with Gasteiger partial charge in [0.05, 0.1) is 13.0 Å². The Morgan fingerprint density at radius 1 is 1.27 bits per heavy atom. The highest BCUT2D eigenvalue weighted by Gasteiger charge is 2.24. The first-order valence-electron chi connectivity index (χ1n) is 8.79. The van der Waals surface area contributed by atoms with Gasteiger partial charge in [0.15, 0.2) is 0 Å². The summed E-state index contributed by atoms with van der Waals surface area (Å²) in [6.45, 7) is 3.82. The lowest BCUT2D eigenvalue weighted by atomic mass is 9.90. The lowest BCUT2D eigenvalue weighted by molar-refractivity contribution is -0.139. The molecule has 0 aromatic heterocycles. The second kappa shape index (κ2) is 9.04. The third kappa shape index (κ3) is 4.42. The van der Waals surface area contributed by atoms with Gasteiger partial charge in [-0.2, -0.15) is 0 Å². The zero-order chi connectivity index (χ0) is 19.1. The van der Waals surface area contributed by atoms with Crippen LogP contribution in [0.15, 0.2) is 42.5 Å². The van der Waals surface area contributed by atoms with Gasteiger partial charge in [-0.25, -0.2) is 0 Å². The van der Waals surface area contributed by atoms with Crippen LogP contribution in [0.2, 0.25) is 0 Å². The van der Waals surface area contributed by atoms with Gasteiger partial charge in [0.25, 0.3) is 0 Å². The highest BCUT2D eigenvalue weighted by Crippen LogP contribution is 2.37. The molecule has 0 spiro atoms. The molecule has 0 radical (unpaired) electrons. The zero-order valence-corrected chi connectivity index (χ0v) is 15.4. The number of hydrogen-bond donors (Lipinski definition) is 2. The van der Waals surface area contributed by atoms with Crippen LogP contribution in [0, 0.1) is 0 Å². The van der Waals surface area contributed by atoms with Gasteiger partial charge in [-0.3, -0.25) is 9.59 Å². The summed E-state index contributed by atoms with van der Waals surface area (Å²) in [5.41, 5.74) is 1.36. The molecule has 0 aliphatic heterocycles. The lowest BCUT2D eigenvalue weighted by Gasteiger charge is -2.18. The van der Waals surface area contributed by atoms with Gasteiger partial charge in [-0.15, -0.1) is 0 Å². The van der Waals surface area contributed by atoms with E-state index in [9.17, 15) is 14.7 Å². The van der Waals surface area contributed by atoms with Crippen molar-refractivity contribution in [1.82, 2.24) is 0 Å². The van der Waals surface area contributed by atoms with Crippen molar-refractivity contribution in [1.29, 1.82) is 0 Å². The highest BCUT2D eigenvalue weighted by molar-refractivity contribution is 6.01. The summed E-state index contributed by atoms with van der Waals surface area (Å²) in [6, 6.07) is 9.18. The van der Waals surface area contributed by atoms with Crippen molar-refractivity contribution in [2.75, 3.05) is 12.4 Å². The Morgan fingerprint density at radius 3 is 2.65 bits per heavy atom. The summed E-state index contributed by atoms with van der Waals surface area (Å²) in [4.78, 5) is 23.4. The van der Waals surface area contributed by atoms with Crippen LogP contribution in [0.5, 0.6) is 5.75 Å². The molecule has 0 aliphatic rings. The lowest BCUT2D eigenvalue weighted by Crippen LogP contribution is -2.13. The predicted molar refractivity (Wildman–Crippen MR) is 104 cm³/mol. The van der Waals surface area contributed by atoms with Crippen molar-refractivity contribution in [2.24, 2.45) is 0 Å². The fourth-order valence-electron chi connectivity index (χ4n) is 3.05. The number of carbonyl (C=O) groups is 2. The molecule has 138 valence electrons. The molecule has 0 aliphatic carbocycles. The molecule has 1 unspecified atom stereocenters. The Kier molecular flexibility index (Phi) is 6.78. The van der Waals surface area contributed by atoms with Crippen molar-refractivity contribution in [3.05, 3.63) is 48.0 Å². The first-order chi connectivity index (χ1) is 12.5. The molecule has 1 amide bonds. The van der Waals surface area contributed by atoms with Gasteiger partial charge in [0, 0.05) is 16.6 Å². The van der Waals surface area contributed by atoms with Crippen molar-refractivity contribution in [3.63, 3.8) is 0 Å². The molecule has 2 aromatic rings. The number of nitrogens with one attached hydrogen (secondary N) is 1. The minimum atomic E-state index is -0.841. The van der Waals surface area contributed by atoms with E-state index in [1.807, 2.05) is 31.2 Å². The van der Waals surface area contributed by atoms with Gasteiger partial charge in [0.1, 0.15) is 5.75 Å². The molecule has 1 atom stereocenters. The number of hydrogen-bond acceptors (Lipinski definition) is 3. The number of carbonyl (C=O) groups excluding carboxylic acids is 1. The number of rotatable bonds is 8. The second-order valence-corrected chi connectivity index (χ2v) is 6.15. The number of unbranched alkanes of at least 4 members (excludes halogenated alkanes) is 1. The number of carboxylic acids is 1. The van der Waals surface area contributed by atoms with Crippen LogP contribution in [-0.2, 0) is 9.59 Å². The molecular formula is C21H25NO4. The third-order valence-electron chi connectivity index (χ3n) is 4.31. The summed E-state index contributed by atoms with van der Waals surface area (Å²) >= 11 is 0. The number of amides is 1. The van der Waals surface area contributed by atoms with Crippen molar-refractivity contribution >= 4 is 28.3 Å². The Balaban J connectivity index is 2.46. The molecule has 5 nitrogen and oxygen atoms in total. The fourth-order valence-corrected chi connectivity index (χ4v) is 3.05. The number of benzene rings is 2. The molecule has 0 saturated heterocycles. The highest BCUT2D eigenvalue weighted by atomic mass is 16.5. The molecule has 2 rings (SSSR count). The Bertz CT molecular complexity index is 826. The Labute approximate surface area is 153 Å². The summed E-state index contributed by atoms with van der Waals surface area (Å²) in [7, 11) is 1.55.